The maximum Gasteiger partial charge on any atom is 0.250 e. The minimum Gasteiger partial charge on any atom is -0.368 e. The topological polar surface area (TPSA) is 113 Å². The molecule has 2 aromatic rings. The summed E-state index contributed by atoms with van der Waals surface area (Å²) in [5.41, 5.74) is 4.47. The fourth-order valence-electron chi connectivity index (χ4n) is 3.49. The van der Waals surface area contributed by atoms with Crippen LogP contribution in [-0.4, -0.2) is 36.9 Å². The number of hydrogen-bond donors (Lipinski definition) is 4. The van der Waals surface area contributed by atoms with Gasteiger partial charge in [-0.2, -0.15) is 0 Å². The molecule has 1 aliphatic rings. The highest BCUT2D eigenvalue weighted by Gasteiger charge is 2.39. The molecule has 2 aromatic carbocycles. The number of nitrogens with one attached hydrogen (secondary N) is 3. The molecule has 0 bridgehead atoms. The van der Waals surface area contributed by atoms with Crippen LogP contribution >= 0.6 is 0 Å². The van der Waals surface area contributed by atoms with Gasteiger partial charge in [-0.3, -0.25) is 14.4 Å². The Balaban J connectivity index is 2.01. The smallest absolute Gasteiger partial charge is 0.250 e. The van der Waals surface area contributed by atoms with Gasteiger partial charge in [0.15, 0.2) is 0 Å². The maximum absolute atomic E-state index is 13.0. The third kappa shape index (κ3) is 3.93. The van der Waals surface area contributed by atoms with E-state index in [1.54, 1.807) is 6.92 Å². The molecule has 7 nitrogen and oxygen atoms in total. The van der Waals surface area contributed by atoms with Crippen LogP contribution in [0.3, 0.4) is 0 Å². The zero-order chi connectivity index (χ0) is 19.4. The Labute approximate surface area is 157 Å². The van der Waals surface area contributed by atoms with Crippen LogP contribution in [0.4, 0.5) is 0 Å². The molecule has 1 aliphatic heterocycles. The molecule has 0 unspecified atom stereocenters. The van der Waals surface area contributed by atoms with Gasteiger partial charge < -0.3 is 21.7 Å². The van der Waals surface area contributed by atoms with E-state index in [0.29, 0.717) is 5.56 Å². The minimum absolute atomic E-state index is 0.239. The molecule has 2 atom stereocenters. The first-order valence-corrected chi connectivity index (χ1v) is 9.02. The van der Waals surface area contributed by atoms with Crippen LogP contribution in [0.15, 0.2) is 42.5 Å². The second-order valence-electron chi connectivity index (χ2n) is 6.94. The highest BCUT2D eigenvalue weighted by molar-refractivity contribution is 5.99. The van der Waals surface area contributed by atoms with Crippen LogP contribution in [0.2, 0.25) is 0 Å². The summed E-state index contributed by atoms with van der Waals surface area (Å²) in [7, 11) is 0. The SMILES string of the molecule is C[C@](NC(=O)[C@@H]1CCCN1)(C(=O)NCC(N)=O)c1cccc2ccccc12. The molecule has 1 heterocycles. The summed E-state index contributed by atoms with van der Waals surface area (Å²) < 4.78 is 0. The number of benzene rings is 2. The van der Waals surface area contributed by atoms with Crippen molar-refractivity contribution in [3.05, 3.63) is 48.0 Å². The van der Waals surface area contributed by atoms with E-state index in [4.69, 9.17) is 5.73 Å². The zero-order valence-electron chi connectivity index (χ0n) is 15.2. The molecule has 142 valence electrons. The Morgan fingerprint density at radius 2 is 1.93 bits per heavy atom. The molecule has 0 spiro atoms. The average Bonchev–Trinajstić information content (AvgIpc) is 3.20. The van der Waals surface area contributed by atoms with Crippen LogP contribution in [-0.2, 0) is 19.9 Å². The summed E-state index contributed by atoms with van der Waals surface area (Å²) in [5.74, 6) is -1.37. The Hall–Kier alpha value is -2.93. The van der Waals surface area contributed by atoms with Crippen molar-refractivity contribution in [2.45, 2.75) is 31.3 Å². The molecular weight excluding hydrogens is 344 g/mol. The molecule has 1 saturated heterocycles. The molecule has 7 heteroatoms. The third-order valence-electron chi connectivity index (χ3n) is 4.96. The molecule has 3 amide bonds. The van der Waals surface area contributed by atoms with Gasteiger partial charge in [-0.05, 0) is 42.6 Å². The molecule has 0 radical (unpaired) electrons. The summed E-state index contributed by atoms with van der Waals surface area (Å²) in [6.07, 6.45) is 1.64. The summed E-state index contributed by atoms with van der Waals surface area (Å²) in [5, 5.41) is 10.4. The van der Waals surface area contributed by atoms with Gasteiger partial charge in [0.2, 0.25) is 11.8 Å². The normalized spacial score (nSPS) is 18.6. The summed E-state index contributed by atoms with van der Waals surface area (Å²) in [6.45, 7) is 2.13. The Morgan fingerprint density at radius 3 is 2.63 bits per heavy atom. The van der Waals surface area contributed by atoms with Crippen LogP contribution in [0.5, 0.6) is 0 Å². The van der Waals surface area contributed by atoms with Gasteiger partial charge >= 0.3 is 0 Å². The lowest BCUT2D eigenvalue weighted by molar-refractivity contribution is -0.134. The van der Waals surface area contributed by atoms with Crippen molar-refractivity contribution in [3.63, 3.8) is 0 Å². The van der Waals surface area contributed by atoms with E-state index in [0.717, 1.165) is 30.2 Å². The molecule has 0 aliphatic carbocycles. The highest BCUT2D eigenvalue weighted by Crippen LogP contribution is 2.29. The minimum atomic E-state index is -1.35. The van der Waals surface area contributed by atoms with Crippen molar-refractivity contribution in [1.82, 2.24) is 16.0 Å². The number of hydrogen-bond acceptors (Lipinski definition) is 4. The van der Waals surface area contributed by atoms with Crippen LogP contribution in [0.25, 0.3) is 10.8 Å². The van der Waals surface area contributed by atoms with Gasteiger partial charge in [0, 0.05) is 0 Å². The highest BCUT2D eigenvalue weighted by atomic mass is 16.2. The lowest BCUT2D eigenvalue weighted by Gasteiger charge is -2.32. The van der Waals surface area contributed by atoms with Crippen molar-refractivity contribution < 1.29 is 14.4 Å². The largest absolute Gasteiger partial charge is 0.368 e. The lowest BCUT2D eigenvalue weighted by atomic mass is 9.86. The number of nitrogens with two attached hydrogens (primary N) is 1. The molecule has 0 saturated carbocycles. The predicted molar refractivity (Wildman–Crippen MR) is 103 cm³/mol. The first-order chi connectivity index (χ1) is 12.9. The van der Waals surface area contributed by atoms with Gasteiger partial charge in [-0.15, -0.1) is 0 Å². The van der Waals surface area contributed by atoms with E-state index in [-0.39, 0.29) is 18.5 Å². The molecule has 5 N–H and O–H groups in total. The fourth-order valence-corrected chi connectivity index (χ4v) is 3.49. The van der Waals surface area contributed by atoms with Crippen LogP contribution in [0, 0.1) is 0 Å². The summed E-state index contributed by atoms with van der Waals surface area (Å²) >= 11 is 0. The zero-order valence-corrected chi connectivity index (χ0v) is 15.2. The van der Waals surface area contributed by atoms with Gasteiger partial charge in [0.05, 0.1) is 12.6 Å². The monoisotopic (exact) mass is 368 g/mol. The standard InChI is InChI=1S/C20H24N4O3/c1-20(19(27)23-12-17(21)25,24-18(26)16-10-5-11-22-16)15-9-4-7-13-6-2-3-8-14(13)15/h2-4,6-9,16,22H,5,10-12H2,1H3,(H2,21,25)(H,23,27)(H,24,26)/t16-,20+/m0/s1. The van der Waals surface area contributed by atoms with Gasteiger partial charge in [-0.25, -0.2) is 0 Å². The first kappa shape index (κ1) is 18.8. The number of carbonyl (C=O) groups is 3. The van der Waals surface area contributed by atoms with Crippen LogP contribution < -0.4 is 21.7 Å². The number of amides is 3. The number of fused-ring (bicyclic) bond motifs is 1. The molecular formula is C20H24N4O3. The molecule has 0 aromatic heterocycles. The van der Waals surface area contributed by atoms with Gasteiger partial charge in [0.25, 0.3) is 5.91 Å². The maximum atomic E-state index is 13.0. The molecule has 27 heavy (non-hydrogen) atoms. The first-order valence-electron chi connectivity index (χ1n) is 9.02. The average molecular weight is 368 g/mol. The molecule has 1 fully saturated rings. The second-order valence-corrected chi connectivity index (χ2v) is 6.94. The van der Waals surface area contributed by atoms with Crippen molar-refractivity contribution in [2.75, 3.05) is 13.1 Å². The fraction of sp³-hybridized carbons (Fsp3) is 0.350. The van der Waals surface area contributed by atoms with Crippen molar-refractivity contribution in [3.8, 4) is 0 Å². The van der Waals surface area contributed by atoms with Crippen molar-refractivity contribution >= 4 is 28.5 Å². The summed E-state index contributed by atoms with van der Waals surface area (Å²) in [6, 6.07) is 12.9. The van der Waals surface area contributed by atoms with E-state index in [9.17, 15) is 14.4 Å². The van der Waals surface area contributed by atoms with Crippen LogP contribution in [0.1, 0.15) is 25.3 Å². The number of primary amides is 1. The van der Waals surface area contributed by atoms with E-state index < -0.39 is 17.4 Å². The van der Waals surface area contributed by atoms with E-state index in [2.05, 4.69) is 16.0 Å². The summed E-state index contributed by atoms with van der Waals surface area (Å²) in [4.78, 5) is 36.9. The van der Waals surface area contributed by atoms with E-state index in [1.807, 2.05) is 42.5 Å². The van der Waals surface area contributed by atoms with E-state index >= 15 is 0 Å². The van der Waals surface area contributed by atoms with E-state index in [1.165, 1.54) is 0 Å². The quantitative estimate of drug-likeness (QED) is 0.595. The predicted octanol–water partition coefficient (Wildman–Crippen LogP) is 0.525. The Bertz CT molecular complexity index is 871. The molecule has 3 rings (SSSR count). The van der Waals surface area contributed by atoms with Gasteiger partial charge in [-0.1, -0.05) is 42.5 Å². The van der Waals surface area contributed by atoms with Crippen molar-refractivity contribution in [1.29, 1.82) is 0 Å². The third-order valence-corrected chi connectivity index (χ3v) is 4.96. The second kappa shape index (κ2) is 7.75. The Kier molecular flexibility index (Phi) is 5.41. The lowest BCUT2D eigenvalue weighted by Crippen LogP contribution is -2.58. The number of rotatable bonds is 6. The number of carbonyl (C=O) groups excluding carboxylic acids is 3. The van der Waals surface area contributed by atoms with Crippen molar-refractivity contribution in [2.24, 2.45) is 5.73 Å². The van der Waals surface area contributed by atoms with Gasteiger partial charge in [0.1, 0.15) is 5.54 Å². The Morgan fingerprint density at radius 1 is 1.19 bits per heavy atom.